The van der Waals surface area contributed by atoms with Crippen molar-refractivity contribution >= 4 is 49.8 Å². The number of hydrogen-bond acceptors (Lipinski definition) is 7. The first kappa shape index (κ1) is 24.5. The number of rotatable bonds is 6. The third-order valence-electron chi connectivity index (χ3n) is 6.36. The van der Waals surface area contributed by atoms with Crippen LogP contribution in [0, 0.1) is 6.92 Å². The van der Waals surface area contributed by atoms with Gasteiger partial charge in [0.2, 0.25) is 0 Å². The molecule has 1 N–H and O–H groups in total. The van der Waals surface area contributed by atoms with Crippen molar-refractivity contribution in [3.63, 3.8) is 0 Å². The van der Waals surface area contributed by atoms with Crippen molar-refractivity contribution in [1.29, 1.82) is 0 Å². The van der Waals surface area contributed by atoms with Crippen LogP contribution in [-0.4, -0.2) is 42.5 Å². The van der Waals surface area contributed by atoms with E-state index in [0.717, 1.165) is 16.0 Å². The fourth-order valence-corrected chi connectivity index (χ4v) is 5.44. The Labute approximate surface area is 219 Å². The highest BCUT2D eigenvalue weighted by molar-refractivity contribution is 7.22. The Morgan fingerprint density at radius 2 is 1.76 bits per heavy atom. The largest absolute Gasteiger partial charge is 0.507 e. The summed E-state index contributed by atoms with van der Waals surface area (Å²) in [5.74, 6) is -0.960. The average Bonchev–Trinajstić information content (AvgIpc) is 3.42. The second-order valence-corrected chi connectivity index (χ2v) is 10.1. The Hall–Kier alpha value is -4.17. The van der Waals surface area contributed by atoms with Gasteiger partial charge in [0.15, 0.2) is 5.13 Å². The van der Waals surface area contributed by atoms with Crippen LogP contribution >= 0.6 is 11.3 Å². The van der Waals surface area contributed by atoms with E-state index in [1.807, 2.05) is 87.4 Å². The normalized spacial score (nSPS) is 17.0. The number of anilines is 2. The van der Waals surface area contributed by atoms with Crippen molar-refractivity contribution in [1.82, 2.24) is 4.98 Å². The Morgan fingerprint density at radius 1 is 1.05 bits per heavy atom. The molecule has 4 aromatic rings. The molecule has 7 nitrogen and oxygen atoms in total. The number of carbonyl (C=O) groups excluding carboxylic acids is 2. The number of aromatic nitrogens is 1. The van der Waals surface area contributed by atoms with Crippen LogP contribution in [0.1, 0.15) is 29.7 Å². The van der Waals surface area contributed by atoms with Gasteiger partial charge in [-0.1, -0.05) is 53.3 Å². The van der Waals surface area contributed by atoms with Gasteiger partial charge < -0.3 is 14.7 Å². The molecule has 1 aliphatic rings. The van der Waals surface area contributed by atoms with E-state index in [2.05, 4.69) is 4.98 Å². The third kappa shape index (κ3) is 4.44. The lowest BCUT2D eigenvalue weighted by atomic mass is 9.95. The van der Waals surface area contributed by atoms with Crippen molar-refractivity contribution in [3.8, 4) is 5.75 Å². The van der Waals surface area contributed by atoms with Gasteiger partial charge >= 0.3 is 5.91 Å². The fraction of sp³-hybridized carbons (Fsp3) is 0.207. The van der Waals surface area contributed by atoms with E-state index in [4.69, 9.17) is 4.74 Å². The van der Waals surface area contributed by atoms with E-state index < -0.39 is 17.7 Å². The molecule has 37 heavy (non-hydrogen) atoms. The number of fused-ring (bicyclic) bond motifs is 1. The monoisotopic (exact) mass is 513 g/mol. The minimum atomic E-state index is -0.829. The molecular formula is C29H27N3O4S. The van der Waals surface area contributed by atoms with Gasteiger partial charge in [-0.2, -0.15) is 0 Å². The zero-order valence-corrected chi connectivity index (χ0v) is 21.9. The number of ketones is 1. The molecule has 0 saturated carbocycles. The molecule has 188 valence electrons. The molecule has 1 saturated heterocycles. The van der Waals surface area contributed by atoms with Gasteiger partial charge in [0.25, 0.3) is 5.78 Å². The van der Waals surface area contributed by atoms with E-state index in [-0.39, 0.29) is 11.3 Å². The number of aliphatic hydroxyl groups excluding tert-OH is 1. The first-order valence-electron chi connectivity index (χ1n) is 12.0. The van der Waals surface area contributed by atoms with Gasteiger partial charge in [0, 0.05) is 25.3 Å². The van der Waals surface area contributed by atoms with Crippen LogP contribution < -0.4 is 14.5 Å². The number of aliphatic hydroxyl groups is 1. The average molecular weight is 514 g/mol. The maximum absolute atomic E-state index is 13.5. The number of ether oxygens (including phenoxy) is 1. The Morgan fingerprint density at radius 3 is 2.41 bits per heavy atom. The first-order valence-corrected chi connectivity index (χ1v) is 12.8. The molecule has 0 bridgehead atoms. The van der Waals surface area contributed by atoms with Crippen molar-refractivity contribution in [3.05, 3.63) is 89.0 Å². The topological polar surface area (TPSA) is 83.0 Å². The zero-order chi connectivity index (χ0) is 26.3. The number of benzene rings is 3. The summed E-state index contributed by atoms with van der Waals surface area (Å²) >= 11 is 1.31. The smallest absolute Gasteiger partial charge is 0.301 e. The minimum absolute atomic E-state index is 0.0423. The molecule has 1 amide bonds. The number of amides is 1. The molecule has 1 atom stereocenters. The summed E-state index contributed by atoms with van der Waals surface area (Å²) in [5, 5.41) is 11.7. The summed E-state index contributed by atoms with van der Waals surface area (Å²) in [6.07, 6.45) is 0. The van der Waals surface area contributed by atoms with Gasteiger partial charge in [-0.05, 0) is 49.7 Å². The van der Waals surface area contributed by atoms with E-state index >= 15 is 0 Å². The maximum Gasteiger partial charge on any atom is 0.301 e. The second kappa shape index (κ2) is 9.71. The number of carbonyl (C=O) groups is 2. The molecule has 1 unspecified atom stereocenters. The molecule has 1 aliphatic heterocycles. The molecular weight excluding hydrogens is 486 g/mol. The standard InChI is InChI=1S/C29H27N3O4S/c1-5-36-21-14-15-22-23(16-21)37-29(30-22)32-25(18-10-12-20(13-11-18)31(3)4)24(27(34)28(32)35)26(33)19-8-6-17(2)7-9-19/h6-16,25,33H,5H2,1-4H3/b26-24+. The van der Waals surface area contributed by atoms with Crippen LogP contribution in [0.5, 0.6) is 5.75 Å². The molecule has 0 radical (unpaired) electrons. The Kier molecular flexibility index (Phi) is 6.43. The van der Waals surface area contributed by atoms with E-state index in [1.165, 1.54) is 16.2 Å². The second-order valence-electron chi connectivity index (χ2n) is 9.08. The summed E-state index contributed by atoms with van der Waals surface area (Å²) in [6, 6.07) is 19.5. The number of hydrogen-bond donors (Lipinski definition) is 1. The van der Waals surface area contributed by atoms with Crippen LogP contribution in [0.25, 0.3) is 16.0 Å². The van der Waals surface area contributed by atoms with Crippen LogP contribution in [0.3, 0.4) is 0 Å². The lowest BCUT2D eigenvalue weighted by Gasteiger charge is -2.23. The molecule has 0 spiro atoms. The summed E-state index contributed by atoms with van der Waals surface area (Å²) in [4.78, 5) is 35.0. The lowest BCUT2D eigenvalue weighted by Crippen LogP contribution is -2.29. The summed E-state index contributed by atoms with van der Waals surface area (Å²) in [6.45, 7) is 4.39. The van der Waals surface area contributed by atoms with Crippen molar-refractivity contribution in [2.24, 2.45) is 0 Å². The number of thiazole rings is 1. The van der Waals surface area contributed by atoms with E-state index in [0.29, 0.717) is 34.1 Å². The van der Waals surface area contributed by atoms with Crippen molar-refractivity contribution in [2.75, 3.05) is 30.5 Å². The number of nitrogens with zero attached hydrogens (tertiary/aromatic N) is 3. The lowest BCUT2D eigenvalue weighted by molar-refractivity contribution is -0.132. The van der Waals surface area contributed by atoms with Crippen LogP contribution in [-0.2, 0) is 9.59 Å². The third-order valence-corrected chi connectivity index (χ3v) is 7.38. The van der Waals surface area contributed by atoms with Gasteiger partial charge in [-0.25, -0.2) is 4.98 Å². The number of Topliss-reactive ketones (excluding diaryl/α,β-unsaturated/α-hetero) is 1. The van der Waals surface area contributed by atoms with E-state index in [9.17, 15) is 14.7 Å². The maximum atomic E-state index is 13.5. The molecule has 1 aromatic heterocycles. The summed E-state index contributed by atoms with van der Waals surface area (Å²) in [7, 11) is 3.88. The van der Waals surface area contributed by atoms with E-state index in [1.54, 1.807) is 12.1 Å². The van der Waals surface area contributed by atoms with Crippen LogP contribution in [0.4, 0.5) is 10.8 Å². The predicted octanol–water partition coefficient (Wildman–Crippen LogP) is 5.70. The molecule has 3 aromatic carbocycles. The quantitative estimate of drug-likeness (QED) is 0.202. The SMILES string of the molecule is CCOc1ccc2nc(N3C(=O)C(=O)/C(=C(/O)c4ccc(C)cc4)C3c3ccc(N(C)C)cc3)sc2c1. The van der Waals surface area contributed by atoms with Crippen molar-refractivity contribution in [2.45, 2.75) is 19.9 Å². The molecule has 1 fully saturated rings. The van der Waals surface area contributed by atoms with Gasteiger partial charge in [0.05, 0.1) is 28.4 Å². The molecule has 8 heteroatoms. The van der Waals surface area contributed by atoms with Crippen LogP contribution in [0.2, 0.25) is 0 Å². The Balaban J connectivity index is 1.68. The van der Waals surface area contributed by atoms with Crippen molar-refractivity contribution < 1.29 is 19.4 Å². The highest BCUT2D eigenvalue weighted by Gasteiger charge is 2.48. The number of aryl methyl sites for hydroxylation is 1. The highest BCUT2D eigenvalue weighted by Crippen LogP contribution is 2.44. The first-order chi connectivity index (χ1) is 17.8. The summed E-state index contributed by atoms with van der Waals surface area (Å²) in [5.41, 5.74) is 3.92. The fourth-order valence-electron chi connectivity index (χ4n) is 4.42. The zero-order valence-electron chi connectivity index (χ0n) is 21.1. The molecule has 2 heterocycles. The predicted molar refractivity (Wildman–Crippen MR) is 148 cm³/mol. The highest BCUT2D eigenvalue weighted by atomic mass is 32.1. The summed E-state index contributed by atoms with van der Waals surface area (Å²) < 4.78 is 6.45. The van der Waals surface area contributed by atoms with Crippen LogP contribution in [0.15, 0.2) is 72.3 Å². The minimum Gasteiger partial charge on any atom is -0.507 e. The Bertz CT molecular complexity index is 1520. The molecule has 0 aliphatic carbocycles. The van der Waals surface area contributed by atoms with Gasteiger partial charge in [-0.15, -0.1) is 0 Å². The van der Waals surface area contributed by atoms with Gasteiger partial charge in [0.1, 0.15) is 11.5 Å². The van der Waals surface area contributed by atoms with Gasteiger partial charge in [-0.3, -0.25) is 14.5 Å². The molecule has 5 rings (SSSR count).